The Morgan fingerprint density at radius 1 is 1.50 bits per heavy atom. The summed E-state index contributed by atoms with van der Waals surface area (Å²) < 4.78 is 0. The molecule has 86 valence electrons. The molecule has 0 aliphatic carbocycles. The number of nitrogens with zero attached hydrogens (tertiary/aromatic N) is 2. The summed E-state index contributed by atoms with van der Waals surface area (Å²) in [5.74, 6) is 0. The van der Waals surface area contributed by atoms with Crippen molar-refractivity contribution in [3.63, 3.8) is 0 Å². The lowest BCUT2D eigenvalue weighted by Gasteiger charge is -2.23. The molecule has 0 aromatic heterocycles. The maximum Gasteiger partial charge on any atom is 0.0992 e. The van der Waals surface area contributed by atoms with Gasteiger partial charge >= 0.3 is 0 Å². The third-order valence-electron chi connectivity index (χ3n) is 2.95. The van der Waals surface area contributed by atoms with Crippen molar-refractivity contribution in [3.05, 3.63) is 34.3 Å². The first-order valence-electron chi connectivity index (χ1n) is 5.47. The van der Waals surface area contributed by atoms with Crippen LogP contribution in [0.4, 0.5) is 0 Å². The van der Waals surface area contributed by atoms with Gasteiger partial charge in [0.05, 0.1) is 11.6 Å². The van der Waals surface area contributed by atoms with E-state index in [1.165, 1.54) is 0 Å². The molecule has 0 heterocycles. The van der Waals surface area contributed by atoms with Crippen LogP contribution >= 0.6 is 11.6 Å². The molecule has 0 aliphatic heterocycles. The van der Waals surface area contributed by atoms with Gasteiger partial charge in [0, 0.05) is 17.6 Å². The first-order valence-corrected chi connectivity index (χ1v) is 5.85. The first-order chi connectivity index (χ1) is 7.58. The summed E-state index contributed by atoms with van der Waals surface area (Å²) in [7, 11) is 2.09. The van der Waals surface area contributed by atoms with Crippen molar-refractivity contribution in [1.29, 1.82) is 5.26 Å². The molecule has 0 amide bonds. The van der Waals surface area contributed by atoms with E-state index >= 15 is 0 Å². The van der Waals surface area contributed by atoms with Crippen molar-refractivity contribution < 1.29 is 0 Å². The van der Waals surface area contributed by atoms with Crippen molar-refractivity contribution in [2.75, 3.05) is 7.05 Å². The van der Waals surface area contributed by atoms with Crippen molar-refractivity contribution >= 4 is 11.6 Å². The molecule has 0 bridgehead atoms. The van der Waals surface area contributed by atoms with Crippen molar-refractivity contribution in [2.24, 2.45) is 0 Å². The van der Waals surface area contributed by atoms with Crippen LogP contribution < -0.4 is 0 Å². The summed E-state index contributed by atoms with van der Waals surface area (Å²) in [4.78, 5) is 2.26. The summed E-state index contributed by atoms with van der Waals surface area (Å²) in [6, 6.07) is 8.08. The van der Waals surface area contributed by atoms with E-state index in [-0.39, 0.29) is 0 Å². The van der Waals surface area contributed by atoms with Crippen LogP contribution in [0.3, 0.4) is 0 Å². The summed E-state index contributed by atoms with van der Waals surface area (Å²) in [6.07, 6.45) is 1.12. The molecular formula is C13H17ClN2. The van der Waals surface area contributed by atoms with Gasteiger partial charge in [-0.3, -0.25) is 4.90 Å². The standard InChI is InChI=1S/C13H17ClN2/c1-4-10(2)16(3)9-12-6-5-11(8-15)7-13(12)14/h5-7,10H,4,9H2,1-3H3. The number of halogens is 1. The second-order valence-corrected chi connectivity index (χ2v) is 4.50. The van der Waals surface area contributed by atoms with Crippen LogP contribution in [0.1, 0.15) is 31.4 Å². The number of hydrogen-bond acceptors (Lipinski definition) is 2. The molecule has 1 aromatic rings. The Labute approximate surface area is 102 Å². The lowest BCUT2D eigenvalue weighted by atomic mass is 10.1. The highest BCUT2D eigenvalue weighted by Crippen LogP contribution is 2.20. The molecule has 0 saturated heterocycles. The van der Waals surface area contributed by atoms with Crippen molar-refractivity contribution in [3.8, 4) is 6.07 Å². The fourth-order valence-electron chi connectivity index (χ4n) is 1.48. The Morgan fingerprint density at radius 3 is 2.69 bits per heavy atom. The molecule has 3 heteroatoms. The van der Waals surface area contributed by atoms with Gasteiger partial charge in [0.2, 0.25) is 0 Å². The van der Waals surface area contributed by atoms with Gasteiger partial charge < -0.3 is 0 Å². The van der Waals surface area contributed by atoms with Gasteiger partial charge in [-0.05, 0) is 38.1 Å². The predicted octanol–water partition coefficient (Wildman–Crippen LogP) is 3.44. The molecule has 0 N–H and O–H groups in total. The molecule has 1 atom stereocenters. The fraction of sp³-hybridized carbons (Fsp3) is 0.462. The summed E-state index contributed by atoms with van der Waals surface area (Å²) in [5.41, 5.74) is 1.68. The zero-order valence-corrected chi connectivity index (χ0v) is 10.8. The highest BCUT2D eigenvalue weighted by Gasteiger charge is 2.09. The molecular weight excluding hydrogens is 220 g/mol. The predicted molar refractivity (Wildman–Crippen MR) is 67.4 cm³/mol. The summed E-state index contributed by atoms with van der Waals surface area (Å²) in [6.45, 7) is 5.18. The third-order valence-corrected chi connectivity index (χ3v) is 3.30. The van der Waals surface area contributed by atoms with Crippen LogP contribution in [0.2, 0.25) is 5.02 Å². The van der Waals surface area contributed by atoms with E-state index in [9.17, 15) is 0 Å². The van der Waals surface area contributed by atoms with Gasteiger partial charge in [-0.25, -0.2) is 0 Å². The van der Waals surface area contributed by atoms with E-state index in [4.69, 9.17) is 16.9 Å². The van der Waals surface area contributed by atoms with Crippen LogP contribution in [0.25, 0.3) is 0 Å². The molecule has 0 spiro atoms. The highest BCUT2D eigenvalue weighted by atomic mass is 35.5. The fourth-order valence-corrected chi connectivity index (χ4v) is 1.72. The molecule has 2 nitrogen and oxygen atoms in total. The average Bonchev–Trinajstić information content (AvgIpc) is 2.30. The lowest BCUT2D eigenvalue weighted by Crippen LogP contribution is -2.27. The smallest absolute Gasteiger partial charge is 0.0992 e. The normalized spacial score (nSPS) is 12.5. The minimum Gasteiger partial charge on any atom is -0.299 e. The van der Waals surface area contributed by atoms with Crippen LogP contribution in [-0.2, 0) is 6.54 Å². The van der Waals surface area contributed by atoms with E-state index in [1.54, 1.807) is 6.07 Å². The highest BCUT2D eigenvalue weighted by molar-refractivity contribution is 6.31. The second kappa shape index (κ2) is 5.89. The Morgan fingerprint density at radius 2 is 2.19 bits per heavy atom. The second-order valence-electron chi connectivity index (χ2n) is 4.09. The zero-order valence-electron chi connectivity index (χ0n) is 10.00. The number of hydrogen-bond donors (Lipinski definition) is 0. The largest absolute Gasteiger partial charge is 0.299 e. The van der Waals surface area contributed by atoms with Gasteiger partial charge in [-0.2, -0.15) is 5.26 Å². The van der Waals surface area contributed by atoms with Gasteiger partial charge in [-0.15, -0.1) is 0 Å². The Balaban J connectivity index is 2.79. The maximum atomic E-state index is 8.74. The van der Waals surface area contributed by atoms with E-state index < -0.39 is 0 Å². The molecule has 1 unspecified atom stereocenters. The molecule has 0 fully saturated rings. The molecule has 0 radical (unpaired) electrons. The average molecular weight is 237 g/mol. The number of nitriles is 1. The quantitative estimate of drug-likeness (QED) is 0.801. The third kappa shape index (κ3) is 3.23. The van der Waals surface area contributed by atoms with Crippen molar-refractivity contribution in [1.82, 2.24) is 4.90 Å². The maximum absolute atomic E-state index is 8.74. The zero-order chi connectivity index (χ0) is 12.1. The van der Waals surface area contributed by atoms with E-state index in [2.05, 4.69) is 31.9 Å². The van der Waals surface area contributed by atoms with Crippen LogP contribution in [0, 0.1) is 11.3 Å². The molecule has 0 saturated carbocycles. The van der Waals surface area contributed by atoms with E-state index in [1.807, 2.05) is 12.1 Å². The molecule has 1 aromatic carbocycles. The van der Waals surface area contributed by atoms with Gasteiger partial charge in [0.25, 0.3) is 0 Å². The minimum absolute atomic E-state index is 0.534. The SMILES string of the molecule is CCC(C)N(C)Cc1ccc(C#N)cc1Cl. The molecule has 0 aliphatic rings. The van der Waals surface area contributed by atoms with Crippen LogP contribution in [-0.4, -0.2) is 18.0 Å². The van der Waals surface area contributed by atoms with Gasteiger partial charge in [0.15, 0.2) is 0 Å². The molecule has 1 rings (SSSR count). The first kappa shape index (κ1) is 13.0. The number of benzene rings is 1. The van der Waals surface area contributed by atoms with Crippen molar-refractivity contribution in [2.45, 2.75) is 32.9 Å². The Hall–Kier alpha value is -1.04. The minimum atomic E-state index is 0.534. The number of rotatable bonds is 4. The Bertz CT molecular complexity index is 395. The summed E-state index contributed by atoms with van der Waals surface area (Å²) >= 11 is 6.12. The Kier molecular flexibility index (Phi) is 4.79. The topological polar surface area (TPSA) is 27.0 Å². The van der Waals surface area contributed by atoms with Crippen LogP contribution in [0.5, 0.6) is 0 Å². The molecule has 16 heavy (non-hydrogen) atoms. The monoisotopic (exact) mass is 236 g/mol. The lowest BCUT2D eigenvalue weighted by molar-refractivity contribution is 0.244. The van der Waals surface area contributed by atoms with E-state index in [0.717, 1.165) is 18.5 Å². The summed E-state index contributed by atoms with van der Waals surface area (Å²) in [5, 5.41) is 9.42. The van der Waals surface area contributed by atoms with E-state index in [0.29, 0.717) is 16.6 Å². The van der Waals surface area contributed by atoms with Crippen LogP contribution in [0.15, 0.2) is 18.2 Å². The van der Waals surface area contributed by atoms with Gasteiger partial charge in [-0.1, -0.05) is 24.6 Å². The van der Waals surface area contributed by atoms with Gasteiger partial charge in [0.1, 0.15) is 0 Å².